The normalized spacial score (nSPS) is 23.7. The van der Waals surface area contributed by atoms with Gasteiger partial charge in [-0.25, -0.2) is 0 Å². The summed E-state index contributed by atoms with van der Waals surface area (Å²) in [6, 6.07) is 8.93. The van der Waals surface area contributed by atoms with Crippen molar-refractivity contribution in [2.24, 2.45) is 11.8 Å². The molecule has 1 saturated carbocycles. The van der Waals surface area contributed by atoms with Crippen LogP contribution in [0.25, 0.3) is 0 Å². The number of nitrogens with one attached hydrogen (secondary N) is 1. The molecule has 2 rings (SSSR count). The Labute approximate surface area is 105 Å². The fourth-order valence-electron chi connectivity index (χ4n) is 2.37. The van der Waals surface area contributed by atoms with Gasteiger partial charge in [0.25, 0.3) is 0 Å². The van der Waals surface area contributed by atoms with E-state index in [2.05, 4.69) is 0 Å². The monoisotopic (exact) mass is 245 g/mol. The van der Waals surface area contributed by atoms with E-state index in [4.69, 9.17) is 10.5 Å². The van der Waals surface area contributed by atoms with Gasteiger partial charge in [-0.05, 0) is 19.3 Å². The van der Waals surface area contributed by atoms with Gasteiger partial charge in [-0.1, -0.05) is 30.3 Å². The lowest BCUT2D eigenvalue weighted by Crippen LogP contribution is -2.33. The topological polar surface area (TPSA) is 78.2 Å². The van der Waals surface area contributed by atoms with E-state index in [-0.39, 0.29) is 23.8 Å². The van der Waals surface area contributed by atoms with Gasteiger partial charge in [-0.3, -0.25) is 9.59 Å². The molecule has 94 valence electrons. The van der Waals surface area contributed by atoms with Crippen molar-refractivity contribution < 1.29 is 14.7 Å². The molecule has 2 atom stereocenters. The van der Waals surface area contributed by atoms with Crippen LogP contribution in [0.15, 0.2) is 30.3 Å². The van der Waals surface area contributed by atoms with Gasteiger partial charge < -0.3 is 10.5 Å². The molecule has 0 heterocycles. The number of carbonyl (C=O) groups excluding carboxylic acids is 1. The molecule has 4 nitrogen and oxygen atoms in total. The van der Waals surface area contributed by atoms with Crippen LogP contribution in [-0.4, -0.2) is 22.6 Å². The number of aliphatic carboxylic acids is 1. The van der Waals surface area contributed by atoms with Gasteiger partial charge in [-0.2, -0.15) is 0 Å². The number of hydrogen-bond acceptors (Lipinski definition) is 3. The second-order valence-corrected chi connectivity index (χ2v) is 4.62. The average molecular weight is 245 g/mol. The van der Waals surface area contributed by atoms with E-state index in [1.165, 1.54) is 0 Å². The highest BCUT2D eigenvalue weighted by Crippen LogP contribution is 2.29. The van der Waals surface area contributed by atoms with Crippen LogP contribution in [0.3, 0.4) is 0 Å². The first-order valence-electron chi connectivity index (χ1n) is 5.99. The standard InChI is InChI=1S/C14H15NO3/c15-12-7-6-10(8-11(12)14(17)18)13(16)9-4-2-1-3-5-9/h1-5,10-11,15H,6-8H2,(H,17,18). The summed E-state index contributed by atoms with van der Waals surface area (Å²) in [5.74, 6) is -2.07. The molecule has 0 radical (unpaired) electrons. The van der Waals surface area contributed by atoms with E-state index < -0.39 is 11.9 Å². The van der Waals surface area contributed by atoms with Crippen LogP contribution in [-0.2, 0) is 4.79 Å². The van der Waals surface area contributed by atoms with Gasteiger partial charge in [0, 0.05) is 17.2 Å². The Morgan fingerprint density at radius 2 is 1.89 bits per heavy atom. The Morgan fingerprint density at radius 3 is 2.50 bits per heavy atom. The molecule has 0 saturated heterocycles. The van der Waals surface area contributed by atoms with Gasteiger partial charge >= 0.3 is 5.97 Å². The van der Waals surface area contributed by atoms with E-state index in [0.717, 1.165) is 0 Å². The molecule has 1 aromatic rings. The fourth-order valence-corrected chi connectivity index (χ4v) is 2.37. The molecule has 0 bridgehead atoms. The highest BCUT2D eigenvalue weighted by molar-refractivity contribution is 6.04. The first kappa shape index (κ1) is 12.5. The molecule has 0 aliphatic heterocycles. The van der Waals surface area contributed by atoms with Crippen LogP contribution in [0, 0.1) is 17.2 Å². The summed E-state index contributed by atoms with van der Waals surface area (Å²) in [5.41, 5.74) is 0.861. The smallest absolute Gasteiger partial charge is 0.312 e. The molecule has 1 aliphatic rings. The second-order valence-electron chi connectivity index (χ2n) is 4.62. The second kappa shape index (κ2) is 5.12. The van der Waals surface area contributed by atoms with Crippen molar-refractivity contribution in [1.82, 2.24) is 0 Å². The lowest BCUT2D eigenvalue weighted by molar-refractivity contribution is -0.140. The van der Waals surface area contributed by atoms with Crippen LogP contribution >= 0.6 is 0 Å². The van der Waals surface area contributed by atoms with E-state index in [1.54, 1.807) is 24.3 Å². The highest BCUT2D eigenvalue weighted by atomic mass is 16.4. The average Bonchev–Trinajstić information content (AvgIpc) is 2.39. The molecule has 2 N–H and O–H groups in total. The number of hydrogen-bond donors (Lipinski definition) is 2. The maximum atomic E-state index is 12.2. The lowest BCUT2D eigenvalue weighted by atomic mass is 9.77. The maximum Gasteiger partial charge on any atom is 0.312 e. The number of rotatable bonds is 3. The Balaban J connectivity index is 2.13. The third-order valence-corrected chi connectivity index (χ3v) is 3.43. The van der Waals surface area contributed by atoms with E-state index in [9.17, 15) is 9.59 Å². The Kier molecular flexibility index (Phi) is 3.55. The summed E-state index contributed by atoms with van der Waals surface area (Å²) in [6.07, 6.45) is 1.23. The van der Waals surface area contributed by atoms with Gasteiger partial charge in [0.2, 0.25) is 0 Å². The summed E-state index contributed by atoms with van der Waals surface area (Å²) in [5, 5.41) is 16.6. The van der Waals surface area contributed by atoms with Crippen molar-refractivity contribution in [1.29, 1.82) is 5.41 Å². The van der Waals surface area contributed by atoms with Gasteiger partial charge in [0.05, 0.1) is 5.92 Å². The van der Waals surface area contributed by atoms with Crippen molar-refractivity contribution >= 4 is 17.5 Å². The predicted octanol–water partition coefficient (Wildman–Crippen LogP) is 2.39. The first-order valence-corrected chi connectivity index (χ1v) is 5.99. The third kappa shape index (κ3) is 2.47. The summed E-state index contributed by atoms with van der Waals surface area (Å²) in [6.45, 7) is 0. The van der Waals surface area contributed by atoms with E-state index in [0.29, 0.717) is 18.4 Å². The summed E-state index contributed by atoms with van der Waals surface area (Å²) in [4.78, 5) is 23.2. The molecular weight excluding hydrogens is 230 g/mol. The largest absolute Gasteiger partial charge is 0.481 e. The van der Waals surface area contributed by atoms with Crippen LogP contribution in [0.4, 0.5) is 0 Å². The fraction of sp³-hybridized carbons (Fsp3) is 0.357. The van der Waals surface area contributed by atoms with E-state index in [1.807, 2.05) is 6.07 Å². The van der Waals surface area contributed by atoms with Gasteiger partial charge in [0.1, 0.15) is 0 Å². The number of carboxylic acid groups (broad SMARTS) is 1. The summed E-state index contributed by atoms with van der Waals surface area (Å²) >= 11 is 0. The van der Waals surface area contributed by atoms with Crippen LogP contribution in [0.2, 0.25) is 0 Å². The molecule has 0 spiro atoms. The summed E-state index contributed by atoms with van der Waals surface area (Å²) in [7, 11) is 0. The Hall–Kier alpha value is -1.97. The number of Topliss-reactive ketones (excluding diaryl/α,β-unsaturated/α-hetero) is 1. The summed E-state index contributed by atoms with van der Waals surface area (Å²) < 4.78 is 0. The van der Waals surface area contributed by atoms with Crippen molar-refractivity contribution in [2.75, 3.05) is 0 Å². The van der Waals surface area contributed by atoms with Gasteiger partial charge in [0.15, 0.2) is 5.78 Å². The van der Waals surface area contributed by atoms with Crippen molar-refractivity contribution in [3.05, 3.63) is 35.9 Å². The van der Waals surface area contributed by atoms with Crippen molar-refractivity contribution in [3.8, 4) is 0 Å². The number of ketones is 1. The zero-order chi connectivity index (χ0) is 13.1. The molecule has 1 aliphatic carbocycles. The zero-order valence-electron chi connectivity index (χ0n) is 9.93. The molecule has 2 unspecified atom stereocenters. The Bertz CT molecular complexity index is 481. The molecular formula is C14H15NO3. The maximum absolute atomic E-state index is 12.2. The first-order chi connectivity index (χ1) is 8.59. The molecule has 4 heteroatoms. The molecule has 0 aromatic heterocycles. The minimum atomic E-state index is -0.995. The highest BCUT2D eigenvalue weighted by Gasteiger charge is 2.34. The predicted molar refractivity (Wildman–Crippen MR) is 67.0 cm³/mol. The minimum absolute atomic E-state index is 0.00523. The third-order valence-electron chi connectivity index (χ3n) is 3.43. The van der Waals surface area contributed by atoms with Crippen molar-refractivity contribution in [2.45, 2.75) is 19.3 Å². The van der Waals surface area contributed by atoms with Crippen LogP contribution < -0.4 is 0 Å². The van der Waals surface area contributed by atoms with Gasteiger partial charge in [-0.15, -0.1) is 0 Å². The quantitative estimate of drug-likeness (QED) is 0.802. The van der Waals surface area contributed by atoms with Crippen molar-refractivity contribution in [3.63, 3.8) is 0 Å². The molecule has 1 fully saturated rings. The molecule has 18 heavy (non-hydrogen) atoms. The number of carboxylic acids is 1. The van der Waals surface area contributed by atoms with E-state index >= 15 is 0 Å². The molecule has 0 amide bonds. The SMILES string of the molecule is N=C1CCC(C(=O)c2ccccc2)CC1C(=O)O. The lowest BCUT2D eigenvalue weighted by Gasteiger charge is -2.26. The minimum Gasteiger partial charge on any atom is -0.481 e. The molecule has 1 aromatic carbocycles. The Morgan fingerprint density at radius 1 is 1.22 bits per heavy atom. The number of carbonyl (C=O) groups is 2. The number of benzene rings is 1. The zero-order valence-corrected chi connectivity index (χ0v) is 9.93. The van der Waals surface area contributed by atoms with Crippen LogP contribution in [0.5, 0.6) is 0 Å². The van der Waals surface area contributed by atoms with Crippen LogP contribution in [0.1, 0.15) is 29.6 Å².